The van der Waals surface area contributed by atoms with Crippen molar-refractivity contribution >= 4 is 50.8 Å². The zero-order valence-electron chi connectivity index (χ0n) is 15.1. The number of hydrogen-bond donors (Lipinski definition) is 0. The summed E-state index contributed by atoms with van der Waals surface area (Å²) in [5, 5.41) is 1.51. The van der Waals surface area contributed by atoms with Gasteiger partial charge in [-0.3, -0.25) is 14.6 Å². The van der Waals surface area contributed by atoms with Crippen LogP contribution in [0.25, 0.3) is 10.2 Å². The normalized spacial score (nSPS) is 20.8. The Labute approximate surface area is 165 Å². The molecule has 1 aliphatic heterocycles. The molecule has 0 atom stereocenters. The van der Waals surface area contributed by atoms with Crippen molar-refractivity contribution < 1.29 is 19.1 Å². The molecule has 0 spiro atoms. The third-order valence-corrected chi connectivity index (χ3v) is 5.79. The van der Waals surface area contributed by atoms with Crippen LogP contribution in [0.4, 0.5) is 0 Å². The lowest BCUT2D eigenvalue weighted by atomic mass is 10.2. The van der Waals surface area contributed by atoms with Crippen LogP contribution in [-0.2, 0) is 9.59 Å². The van der Waals surface area contributed by atoms with Gasteiger partial charge in [0.15, 0.2) is 5.75 Å². The van der Waals surface area contributed by atoms with Gasteiger partial charge in [0.1, 0.15) is 26.0 Å². The Balaban J connectivity index is 2.07. The molecule has 0 N–H and O–H groups in total. The van der Waals surface area contributed by atoms with Gasteiger partial charge in [0.25, 0.3) is 6.47 Å². The number of ether oxygens (including phenoxy) is 2. The Bertz CT molecular complexity index is 989. The average molecular weight is 402 g/mol. The van der Waals surface area contributed by atoms with E-state index in [-0.39, 0.29) is 0 Å². The fourth-order valence-electron chi connectivity index (χ4n) is 2.55. The van der Waals surface area contributed by atoms with Crippen molar-refractivity contribution in [3.05, 3.63) is 40.4 Å². The van der Waals surface area contributed by atoms with Crippen LogP contribution in [0.3, 0.4) is 0 Å². The highest BCUT2D eigenvalue weighted by atomic mass is 32.2. The number of carbonyl (C=O) groups is 2. The van der Waals surface area contributed by atoms with Crippen molar-refractivity contribution in [2.24, 2.45) is 4.99 Å². The lowest BCUT2D eigenvalue weighted by Crippen LogP contribution is -2.02. The fourth-order valence-corrected chi connectivity index (χ4v) is 4.62. The van der Waals surface area contributed by atoms with Crippen LogP contribution in [-0.4, -0.2) is 34.8 Å². The molecule has 0 saturated carbocycles. The maximum absolute atomic E-state index is 11.4. The standard InChI is InChI=1S/C19H18N2O4S2/c1-11-6-7-26-18(20-9-12(2)8-11)19-21-16-14(25-13(3)23)4-5-15(24-10-22)17(16)27-19/h4-6,8,10H,7,9H2,1-3H3/b11-6-,12-8-,20-18-. The minimum absolute atomic E-state index is 0.332. The number of fused-ring (bicyclic) bond motifs is 1. The van der Waals surface area contributed by atoms with Gasteiger partial charge in [-0.05, 0) is 26.0 Å². The second-order valence-corrected chi connectivity index (χ2v) is 7.95. The number of carbonyl (C=O) groups excluding carboxylic acids is 2. The summed E-state index contributed by atoms with van der Waals surface area (Å²) in [4.78, 5) is 31.5. The summed E-state index contributed by atoms with van der Waals surface area (Å²) in [6.45, 7) is 6.39. The van der Waals surface area contributed by atoms with Crippen LogP contribution < -0.4 is 9.47 Å². The van der Waals surface area contributed by atoms with Crippen LogP contribution in [0.5, 0.6) is 11.5 Å². The smallest absolute Gasteiger partial charge is 0.308 e. The molecule has 1 aromatic heterocycles. The van der Waals surface area contributed by atoms with E-state index >= 15 is 0 Å². The van der Waals surface area contributed by atoms with Gasteiger partial charge in [0.05, 0.1) is 6.54 Å². The summed E-state index contributed by atoms with van der Waals surface area (Å²) in [5.41, 5.74) is 2.85. The number of hydrogen-bond acceptors (Lipinski definition) is 8. The van der Waals surface area contributed by atoms with Crippen molar-refractivity contribution in [1.29, 1.82) is 0 Å². The number of aliphatic imine (C=N–C) groups is 1. The van der Waals surface area contributed by atoms with Crippen LogP contribution in [0.15, 0.2) is 40.4 Å². The molecule has 3 rings (SSSR count). The molecule has 6 nitrogen and oxygen atoms in total. The molecule has 0 radical (unpaired) electrons. The zero-order valence-corrected chi connectivity index (χ0v) is 16.8. The quantitative estimate of drug-likeness (QED) is 0.434. The minimum atomic E-state index is -0.439. The predicted molar refractivity (Wildman–Crippen MR) is 109 cm³/mol. The molecular weight excluding hydrogens is 384 g/mol. The van der Waals surface area contributed by atoms with Crippen molar-refractivity contribution in [1.82, 2.24) is 4.98 Å². The molecule has 140 valence electrons. The van der Waals surface area contributed by atoms with Crippen LogP contribution in [0.1, 0.15) is 25.8 Å². The van der Waals surface area contributed by atoms with Gasteiger partial charge in [0.2, 0.25) is 0 Å². The maximum Gasteiger partial charge on any atom is 0.308 e. The topological polar surface area (TPSA) is 77.9 Å². The van der Waals surface area contributed by atoms with Crippen LogP contribution in [0, 0.1) is 0 Å². The van der Waals surface area contributed by atoms with Gasteiger partial charge in [-0.1, -0.05) is 35.1 Å². The Morgan fingerprint density at radius 2 is 2.04 bits per heavy atom. The van der Waals surface area contributed by atoms with E-state index in [4.69, 9.17) is 14.5 Å². The van der Waals surface area contributed by atoms with E-state index in [0.717, 1.165) is 16.4 Å². The fraction of sp³-hybridized carbons (Fsp3) is 0.263. The highest BCUT2D eigenvalue weighted by Crippen LogP contribution is 2.38. The lowest BCUT2D eigenvalue weighted by molar-refractivity contribution is -0.131. The molecule has 0 aliphatic carbocycles. The van der Waals surface area contributed by atoms with Gasteiger partial charge >= 0.3 is 5.97 Å². The van der Waals surface area contributed by atoms with Crippen molar-refractivity contribution in [3.63, 3.8) is 0 Å². The number of thiazole rings is 1. The summed E-state index contributed by atoms with van der Waals surface area (Å²) in [7, 11) is 0. The highest BCUT2D eigenvalue weighted by Gasteiger charge is 2.19. The Morgan fingerprint density at radius 1 is 1.26 bits per heavy atom. The van der Waals surface area contributed by atoms with E-state index < -0.39 is 5.97 Å². The van der Waals surface area contributed by atoms with E-state index in [1.165, 1.54) is 23.8 Å². The lowest BCUT2D eigenvalue weighted by Gasteiger charge is -2.04. The summed E-state index contributed by atoms with van der Waals surface area (Å²) >= 11 is 2.95. The monoisotopic (exact) mass is 402 g/mol. The average Bonchev–Trinajstić information content (AvgIpc) is 3.07. The first-order valence-corrected chi connectivity index (χ1v) is 10.0. The van der Waals surface area contributed by atoms with E-state index in [1.54, 1.807) is 23.9 Å². The highest BCUT2D eigenvalue weighted by molar-refractivity contribution is 8.14. The van der Waals surface area contributed by atoms with E-state index in [0.29, 0.717) is 39.7 Å². The number of esters is 1. The van der Waals surface area contributed by atoms with Crippen molar-refractivity contribution in [2.75, 3.05) is 12.3 Å². The SMILES string of the molecule is CC(=O)Oc1ccc(OC=O)c2sc(/C3=N/C/C(C)=C\C(C)=C/CS3)nc12. The second kappa shape index (κ2) is 8.49. The van der Waals surface area contributed by atoms with E-state index in [2.05, 4.69) is 24.1 Å². The first-order valence-electron chi connectivity index (χ1n) is 8.21. The summed E-state index contributed by atoms with van der Waals surface area (Å²) in [6.07, 6.45) is 4.27. The first-order chi connectivity index (χ1) is 13.0. The Hall–Kier alpha value is -2.45. The number of nitrogens with zero attached hydrogens (tertiary/aromatic N) is 2. The van der Waals surface area contributed by atoms with Gasteiger partial charge in [-0.15, -0.1) is 11.3 Å². The molecule has 0 bridgehead atoms. The summed E-state index contributed by atoms with van der Waals surface area (Å²) in [6, 6.07) is 3.16. The van der Waals surface area contributed by atoms with Gasteiger partial charge in [0, 0.05) is 12.7 Å². The van der Waals surface area contributed by atoms with Gasteiger partial charge in [-0.25, -0.2) is 4.98 Å². The minimum Gasteiger partial charge on any atom is -0.427 e. The number of aromatic nitrogens is 1. The molecule has 2 aromatic rings. The molecule has 0 unspecified atom stereocenters. The summed E-state index contributed by atoms with van der Waals surface area (Å²) in [5.74, 6) is 1.04. The van der Waals surface area contributed by atoms with Crippen molar-refractivity contribution in [2.45, 2.75) is 20.8 Å². The molecular formula is C19H18N2O4S2. The van der Waals surface area contributed by atoms with Crippen LogP contribution in [0.2, 0.25) is 0 Å². The molecule has 0 amide bonds. The molecule has 1 aliphatic rings. The van der Waals surface area contributed by atoms with Crippen LogP contribution >= 0.6 is 23.1 Å². The summed E-state index contributed by atoms with van der Waals surface area (Å²) < 4.78 is 10.9. The number of thioether (sulfide) groups is 1. The Kier molecular flexibility index (Phi) is 6.08. The zero-order chi connectivity index (χ0) is 19.4. The molecule has 27 heavy (non-hydrogen) atoms. The molecule has 0 fully saturated rings. The molecule has 1 aromatic carbocycles. The van der Waals surface area contributed by atoms with E-state index in [9.17, 15) is 9.59 Å². The first kappa shape index (κ1) is 19.3. The third kappa shape index (κ3) is 4.64. The number of rotatable bonds is 4. The maximum atomic E-state index is 11.4. The molecule has 0 saturated heterocycles. The third-order valence-electron chi connectivity index (χ3n) is 3.65. The van der Waals surface area contributed by atoms with Crippen molar-refractivity contribution in [3.8, 4) is 11.5 Å². The molecule has 2 heterocycles. The predicted octanol–water partition coefficient (Wildman–Crippen LogP) is 4.14. The number of allylic oxidation sites excluding steroid dienone is 2. The second-order valence-electron chi connectivity index (χ2n) is 5.94. The van der Waals surface area contributed by atoms with E-state index in [1.807, 2.05) is 6.92 Å². The number of benzene rings is 1. The Morgan fingerprint density at radius 3 is 2.78 bits per heavy atom. The largest absolute Gasteiger partial charge is 0.427 e. The molecule has 8 heteroatoms. The van der Waals surface area contributed by atoms with Gasteiger partial charge < -0.3 is 9.47 Å². The van der Waals surface area contributed by atoms with Gasteiger partial charge in [-0.2, -0.15) is 0 Å².